The van der Waals surface area contributed by atoms with Crippen LogP contribution >= 0.6 is 0 Å². The van der Waals surface area contributed by atoms with Crippen molar-refractivity contribution in [3.05, 3.63) is 42.2 Å². The minimum absolute atomic E-state index is 0.0900. The number of likely N-dealkylation sites (tertiary alicyclic amines) is 1. The summed E-state index contributed by atoms with van der Waals surface area (Å²) in [4.78, 5) is 31.9. The van der Waals surface area contributed by atoms with Gasteiger partial charge in [0.2, 0.25) is 5.91 Å². The summed E-state index contributed by atoms with van der Waals surface area (Å²) < 4.78 is 11.6. The van der Waals surface area contributed by atoms with Crippen molar-refractivity contribution in [1.82, 2.24) is 9.88 Å². The molecule has 1 fully saturated rings. The number of hydrogen-bond donors (Lipinski definition) is 0. The van der Waals surface area contributed by atoms with E-state index in [1.54, 1.807) is 16.0 Å². The number of amides is 2. The first-order valence-corrected chi connectivity index (χ1v) is 10.7. The summed E-state index contributed by atoms with van der Waals surface area (Å²) in [6.07, 6.45) is 5.15. The first-order valence-electron chi connectivity index (χ1n) is 10.7. The molecular weight excluding hydrogens is 394 g/mol. The van der Waals surface area contributed by atoms with Crippen molar-refractivity contribution in [2.75, 3.05) is 25.0 Å². The molecule has 1 aromatic heterocycles. The van der Waals surface area contributed by atoms with E-state index in [1.807, 2.05) is 52.2 Å². The van der Waals surface area contributed by atoms with E-state index >= 15 is 0 Å². The average Bonchev–Trinajstić information content (AvgIpc) is 3.18. The van der Waals surface area contributed by atoms with Crippen molar-refractivity contribution < 1.29 is 19.1 Å². The van der Waals surface area contributed by atoms with Crippen LogP contribution in [0.3, 0.4) is 0 Å². The van der Waals surface area contributed by atoms with Crippen molar-refractivity contribution in [3.63, 3.8) is 0 Å². The number of carbonyl (C=O) groups is 2. The molecule has 0 bridgehead atoms. The first-order chi connectivity index (χ1) is 14.7. The van der Waals surface area contributed by atoms with Crippen LogP contribution in [0.2, 0.25) is 0 Å². The zero-order chi connectivity index (χ0) is 22.2. The Morgan fingerprint density at radius 2 is 1.94 bits per heavy atom. The van der Waals surface area contributed by atoms with Crippen LogP contribution in [0.5, 0.6) is 5.75 Å². The lowest BCUT2D eigenvalue weighted by Crippen LogP contribution is -2.36. The minimum atomic E-state index is -0.509. The lowest BCUT2D eigenvalue weighted by molar-refractivity contribution is -0.118. The van der Waals surface area contributed by atoms with Gasteiger partial charge in [-0.3, -0.25) is 9.78 Å². The van der Waals surface area contributed by atoms with Gasteiger partial charge >= 0.3 is 6.09 Å². The number of hydrogen-bond acceptors (Lipinski definition) is 5. The molecule has 2 amide bonds. The van der Waals surface area contributed by atoms with Gasteiger partial charge in [-0.15, -0.1) is 0 Å². The van der Waals surface area contributed by atoms with Gasteiger partial charge in [0.1, 0.15) is 17.5 Å². The van der Waals surface area contributed by atoms with Crippen LogP contribution in [-0.4, -0.2) is 53.7 Å². The van der Waals surface area contributed by atoms with E-state index in [2.05, 4.69) is 11.1 Å². The Morgan fingerprint density at radius 1 is 1.13 bits per heavy atom. The molecule has 7 heteroatoms. The molecule has 7 nitrogen and oxygen atoms in total. The average molecular weight is 424 g/mol. The third-order valence-corrected chi connectivity index (χ3v) is 5.57. The van der Waals surface area contributed by atoms with Gasteiger partial charge in [0.25, 0.3) is 0 Å². The molecule has 1 aromatic carbocycles. The molecule has 0 N–H and O–H groups in total. The minimum Gasteiger partial charge on any atom is -0.487 e. The Kier molecular flexibility index (Phi) is 5.60. The molecule has 0 aliphatic carbocycles. The molecule has 1 saturated heterocycles. The standard InChI is InChI=1S/C24H29N3O4/c1-24(2,3)31-23(29)27-10-9-19(15-27)30-20-12-18(13-25-14-20)16-5-7-21-17(11-16)6-8-22(28)26(21)4/h5,7,11-14,19H,6,8-10,15H2,1-4H3/t19-/m0/s1. The number of aryl methyl sites for hydroxylation is 1. The molecule has 1 atom stereocenters. The van der Waals surface area contributed by atoms with E-state index < -0.39 is 5.60 Å². The van der Waals surface area contributed by atoms with Gasteiger partial charge in [0, 0.05) is 43.9 Å². The number of fused-ring (bicyclic) bond motifs is 1. The molecule has 3 heterocycles. The molecule has 164 valence electrons. The van der Waals surface area contributed by atoms with Gasteiger partial charge in [0.15, 0.2) is 0 Å². The van der Waals surface area contributed by atoms with Crippen molar-refractivity contribution in [2.45, 2.75) is 51.7 Å². The van der Waals surface area contributed by atoms with E-state index in [9.17, 15) is 9.59 Å². The molecule has 4 rings (SSSR count). The monoisotopic (exact) mass is 423 g/mol. The third-order valence-electron chi connectivity index (χ3n) is 5.57. The summed E-state index contributed by atoms with van der Waals surface area (Å²) in [5.74, 6) is 0.827. The van der Waals surface area contributed by atoms with E-state index in [0.29, 0.717) is 25.3 Å². The number of carbonyl (C=O) groups excluding carboxylic acids is 2. The lowest BCUT2D eigenvalue weighted by atomic mass is 9.97. The molecule has 2 aliphatic rings. The van der Waals surface area contributed by atoms with E-state index in [4.69, 9.17) is 9.47 Å². The topological polar surface area (TPSA) is 72.0 Å². The van der Waals surface area contributed by atoms with Crippen molar-refractivity contribution >= 4 is 17.7 Å². The highest BCUT2D eigenvalue weighted by Gasteiger charge is 2.31. The largest absolute Gasteiger partial charge is 0.487 e. The predicted molar refractivity (Wildman–Crippen MR) is 118 cm³/mol. The van der Waals surface area contributed by atoms with E-state index in [-0.39, 0.29) is 18.1 Å². The van der Waals surface area contributed by atoms with E-state index in [0.717, 1.165) is 35.2 Å². The molecular formula is C24H29N3O4. The SMILES string of the molecule is CN1C(=O)CCc2cc(-c3cncc(O[C@H]4CCN(C(=O)OC(C)(C)C)C4)c3)ccc21. The summed E-state index contributed by atoms with van der Waals surface area (Å²) in [5, 5.41) is 0. The molecule has 0 saturated carbocycles. The van der Waals surface area contributed by atoms with Crippen molar-refractivity contribution in [2.24, 2.45) is 0 Å². The Labute approximate surface area is 183 Å². The Bertz CT molecular complexity index is 999. The number of aromatic nitrogens is 1. The maximum absolute atomic E-state index is 12.3. The lowest BCUT2D eigenvalue weighted by Gasteiger charge is -2.26. The fourth-order valence-corrected chi connectivity index (χ4v) is 3.99. The highest BCUT2D eigenvalue weighted by Crippen LogP contribution is 2.32. The van der Waals surface area contributed by atoms with Crippen LogP contribution in [-0.2, 0) is 16.0 Å². The Balaban J connectivity index is 1.44. The summed E-state index contributed by atoms with van der Waals surface area (Å²) in [6, 6.07) is 8.10. The zero-order valence-corrected chi connectivity index (χ0v) is 18.6. The van der Waals surface area contributed by atoms with Crippen molar-refractivity contribution in [1.29, 1.82) is 0 Å². The number of rotatable bonds is 3. The van der Waals surface area contributed by atoms with Gasteiger partial charge in [-0.05, 0) is 56.5 Å². The second-order valence-corrected chi connectivity index (χ2v) is 9.16. The third kappa shape index (κ3) is 4.81. The Hall–Kier alpha value is -3.09. The maximum atomic E-state index is 12.3. The maximum Gasteiger partial charge on any atom is 0.410 e. The smallest absolute Gasteiger partial charge is 0.410 e. The fraction of sp³-hybridized carbons (Fsp3) is 0.458. The Morgan fingerprint density at radius 3 is 2.71 bits per heavy atom. The zero-order valence-electron chi connectivity index (χ0n) is 18.6. The quantitative estimate of drug-likeness (QED) is 0.745. The molecule has 2 aliphatic heterocycles. The summed E-state index contributed by atoms with van der Waals surface area (Å²) in [6.45, 7) is 6.70. The number of nitrogens with zero attached hydrogens (tertiary/aromatic N) is 3. The summed E-state index contributed by atoms with van der Waals surface area (Å²) in [7, 11) is 1.82. The van der Waals surface area contributed by atoms with Crippen LogP contribution in [0.15, 0.2) is 36.7 Å². The highest BCUT2D eigenvalue weighted by atomic mass is 16.6. The molecule has 0 spiro atoms. The first kappa shape index (κ1) is 21.2. The normalized spacial score (nSPS) is 18.7. The summed E-state index contributed by atoms with van der Waals surface area (Å²) in [5.41, 5.74) is 3.62. The van der Waals surface area contributed by atoms with Gasteiger partial charge in [-0.2, -0.15) is 0 Å². The predicted octanol–water partition coefficient (Wildman–Crippen LogP) is 4.05. The second kappa shape index (κ2) is 8.21. The van der Waals surface area contributed by atoms with Gasteiger partial charge in [-0.25, -0.2) is 4.79 Å². The van der Waals surface area contributed by atoms with Crippen LogP contribution in [0.4, 0.5) is 10.5 Å². The van der Waals surface area contributed by atoms with Crippen LogP contribution in [0.1, 0.15) is 39.2 Å². The summed E-state index contributed by atoms with van der Waals surface area (Å²) >= 11 is 0. The van der Waals surface area contributed by atoms with E-state index in [1.165, 1.54) is 0 Å². The molecule has 2 aromatic rings. The second-order valence-electron chi connectivity index (χ2n) is 9.16. The highest BCUT2D eigenvalue weighted by molar-refractivity contribution is 5.96. The number of benzene rings is 1. The number of anilines is 1. The number of ether oxygens (including phenoxy) is 2. The van der Waals surface area contributed by atoms with Gasteiger partial charge in [-0.1, -0.05) is 6.07 Å². The van der Waals surface area contributed by atoms with Crippen LogP contribution < -0.4 is 9.64 Å². The van der Waals surface area contributed by atoms with Gasteiger partial charge < -0.3 is 19.3 Å². The molecule has 0 unspecified atom stereocenters. The number of pyridine rings is 1. The van der Waals surface area contributed by atoms with Crippen molar-refractivity contribution in [3.8, 4) is 16.9 Å². The van der Waals surface area contributed by atoms with Crippen LogP contribution in [0.25, 0.3) is 11.1 Å². The molecule has 31 heavy (non-hydrogen) atoms. The molecule has 0 radical (unpaired) electrons. The van der Waals surface area contributed by atoms with Gasteiger partial charge in [0.05, 0.1) is 12.7 Å². The van der Waals surface area contributed by atoms with Crippen LogP contribution in [0, 0.1) is 0 Å². The fourth-order valence-electron chi connectivity index (χ4n) is 3.99.